The number of nitrogens with zero attached hydrogens (tertiary/aromatic N) is 3. The van der Waals surface area contributed by atoms with Gasteiger partial charge < -0.3 is 13.8 Å². The number of para-hydroxylation sites is 1. The average Bonchev–Trinajstić information content (AvgIpc) is 3.23. The van der Waals surface area contributed by atoms with Crippen LogP contribution in [0, 0.1) is 0 Å². The van der Waals surface area contributed by atoms with Crippen molar-refractivity contribution in [2.24, 2.45) is 0 Å². The summed E-state index contributed by atoms with van der Waals surface area (Å²) in [5.74, 6) is 2.78. The first-order valence-corrected chi connectivity index (χ1v) is 8.05. The molecule has 3 aromatic rings. The lowest BCUT2D eigenvalue weighted by Crippen LogP contribution is -2.16. The third-order valence-electron chi connectivity index (χ3n) is 4.18. The van der Waals surface area contributed by atoms with E-state index in [1.807, 2.05) is 30.3 Å². The van der Waals surface area contributed by atoms with Gasteiger partial charge in [-0.3, -0.25) is 0 Å². The summed E-state index contributed by atoms with van der Waals surface area (Å²) in [7, 11) is 0. The summed E-state index contributed by atoms with van der Waals surface area (Å²) in [5, 5.41) is 8.22. The Morgan fingerprint density at radius 1 is 1.08 bits per heavy atom. The van der Waals surface area contributed by atoms with Crippen molar-refractivity contribution < 1.29 is 13.8 Å². The molecule has 6 heteroatoms. The quantitative estimate of drug-likeness (QED) is 0.710. The molecule has 0 bridgehead atoms. The Morgan fingerprint density at radius 3 is 2.71 bits per heavy atom. The van der Waals surface area contributed by atoms with E-state index in [-0.39, 0.29) is 11.3 Å². The van der Waals surface area contributed by atoms with Gasteiger partial charge in [0.1, 0.15) is 11.5 Å². The van der Waals surface area contributed by atoms with Crippen LogP contribution in [0.15, 0.2) is 39.4 Å². The maximum absolute atomic E-state index is 5.69. The highest BCUT2D eigenvalue weighted by molar-refractivity contribution is 5.48. The van der Waals surface area contributed by atoms with Gasteiger partial charge >= 0.3 is 0 Å². The third kappa shape index (κ3) is 2.58. The maximum Gasteiger partial charge on any atom is 0.280 e. The first kappa shape index (κ1) is 14.9. The van der Waals surface area contributed by atoms with Crippen molar-refractivity contribution in [3.8, 4) is 17.3 Å². The highest BCUT2D eigenvalue weighted by Crippen LogP contribution is 2.37. The molecule has 0 spiro atoms. The van der Waals surface area contributed by atoms with Gasteiger partial charge in [-0.15, -0.1) is 0 Å². The van der Waals surface area contributed by atoms with E-state index in [0.717, 1.165) is 23.5 Å². The molecule has 0 amide bonds. The van der Waals surface area contributed by atoms with E-state index < -0.39 is 0 Å². The van der Waals surface area contributed by atoms with Crippen LogP contribution in [-0.4, -0.2) is 21.9 Å². The van der Waals surface area contributed by atoms with E-state index in [9.17, 15) is 0 Å². The number of fused-ring (bicyclic) bond motifs is 1. The fraction of sp³-hybridized carbons (Fsp3) is 0.389. The van der Waals surface area contributed by atoms with Gasteiger partial charge in [0, 0.05) is 17.0 Å². The van der Waals surface area contributed by atoms with Crippen molar-refractivity contribution in [3.63, 3.8) is 0 Å². The summed E-state index contributed by atoms with van der Waals surface area (Å²) in [6.45, 7) is 6.84. The number of rotatable bonds is 2. The van der Waals surface area contributed by atoms with E-state index in [4.69, 9.17) is 13.8 Å². The molecule has 1 aliphatic rings. The number of hydrogen-bond acceptors (Lipinski definition) is 6. The number of hydrogen-bond donors (Lipinski definition) is 0. The smallest absolute Gasteiger partial charge is 0.280 e. The molecule has 0 radical (unpaired) electrons. The molecule has 0 saturated carbocycles. The van der Waals surface area contributed by atoms with Crippen molar-refractivity contribution in [1.82, 2.24) is 15.3 Å². The first-order chi connectivity index (χ1) is 11.5. The minimum absolute atomic E-state index is 0.0708. The number of benzene rings is 1. The van der Waals surface area contributed by atoms with E-state index in [2.05, 4.69) is 36.1 Å². The molecule has 1 aliphatic heterocycles. The molecule has 0 fully saturated rings. The molecule has 1 aromatic carbocycles. The number of ether oxygens (including phenoxy) is 1. The summed E-state index contributed by atoms with van der Waals surface area (Å²) in [6, 6.07) is 9.83. The summed E-state index contributed by atoms with van der Waals surface area (Å²) in [6.07, 6.45) is 0.821. The number of aromatic nitrogens is 3. The van der Waals surface area contributed by atoms with Crippen molar-refractivity contribution in [2.45, 2.75) is 38.5 Å². The molecule has 1 unspecified atom stereocenters. The van der Waals surface area contributed by atoms with Gasteiger partial charge in [0.25, 0.3) is 5.89 Å². The highest BCUT2D eigenvalue weighted by atomic mass is 16.5. The summed E-state index contributed by atoms with van der Waals surface area (Å²) in [4.78, 5) is 4.54. The van der Waals surface area contributed by atoms with E-state index >= 15 is 0 Å². The van der Waals surface area contributed by atoms with Gasteiger partial charge in [-0.1, -0.05) is 49.3 Å². The predicted octanol–water partition coefficient (Wildman–Crippen LogP) is 3.94. The van der Waals surface area contributed by atoms with Gasteiger partial charge in [-0.2, -0.15) is 4.98 Å². The van der Waals surface area contributed by atoms with Crippen LogP contribution < -0.4 is 4.74 Å². The van der Waals surface area contributed by atoms with E-state index in [1.54, 1.807) is 0 Å². The lowest BCUT2D eigenvalue weighted by Gasteiger charge is -2.23. The third-order valence-corrected chi connectivity index (χ3v) is 4.18. The minimum atomic E-state index is -0.117. The Balaban J connectivity index is 1.66. The second kappa shape index (κ2) is 5.47. The van der Waals surface area contributed by atoms with Crippen LogP contribution in [0.5, 0.6) is 5.75 Å². The van der Waals surface area contributed by atoms with Crippen LogP contribution in [0.25, 0.3) is 11.6 Å². The molecular weight excluding hydrogens is 306 g/mol. The predicted molar refractivity (Wildman–Crippen MR) is 86.9 cm³/mol. The molecule has 4 rings (SSSR count). The zero-order chi connectivity index (χ0) is 16.7. The highest BCUT2D eigenvalue weighted by Gasteiger charge is 2.28. The zero-order valence-electron chi connectivity index (χ0n) is 13.9. The van der Waals surface area contributed by atoms with Gasteiger partial charge in [0.2, 0.25) is 0 Å². The van der Waals surface area contributed by atoms with E-state index in [0.29, 0.717) is 24.0 Å². The molecule has 0 N–H and O–H groups in total. The van der Waals surface area contributed by atoms with Gasteiger partial charge in [0.15, 0.2) is 11.5 Å². The molecular formula is C18H19N3O3. The van der Waals surface area contributed by atoms with Gasteiger partial charge in [-0.05, 0) is 12.5 Å². The summed E-state index contributed by atoms with van der Waals surface area (Å²) < 4.78 is 16.5. The maximum atomic E-state index is 5.69. The molecule has 3 heterocycles. The molecule has 1 atom stereocenters. The monoisotopic (exact) mass is 325 g/mol. The first-order valence-electron chi connectivity index (χ1n) is 8.05. The van der Waals surface area contributed by atoms with E-state index in [1.165, 1.54) is 0 Å². The van der Waals surface area contributed by atoms with Crippen LogP contribution in [-0.2, 0) is 5.41 Å². The second-order valence-corrected chi connectivity index (χ2v) is 7.01. The van der Waals surface area contributed by atoms with Gasteiger partial charge in [0.05, 0.1) is 12.5 Å². The molecule has 24 heavy (non-hydrogen) atoms. The van der Waals surface area contributed by atoms with Crippen LogP contribution in [0.1, 0.15) is 50.3 Å². The molecule has 124 valence electrons. The molecule has 0 aliphatic carbocycles. The lowest BCUT2D eigenvalue weighted by molar-refractivity contribution is 0.272. The van der Waals surface area contributed by atoms with Crippen molar-refractivity contribution >= 4 is 0 Å². The van der Waals surface area contributed by atoms with Crippen LogP contribution in [0.3, 0.4) is 0 Å². The fourth-order valence-electron chi connectivity index (χ4n) is 2.82. The van der Waals surface area contributed by atoms with Crippen LogP contribution >= 0.6 is 0 Å². The van der Waals surface area contributed by atoms with Crippen molar-refractivity contribution in [2.75, 3.05) is 6.61 Å². The minimum Gasteiger partial charge on any atom is -0.493 e. The van der Waals surface area contributed by atoms with Crippen LogP contribution in [0.4, 0.5) is 0 Å². The Labute approximate surface area is 139 Å². The second-order valence-electron chi connectivity index (χ2n) is 7.01. The van der Waals surface area contributed by atoms with Crippen molar-refractivity contribution in [3.05, 3.63) is 47.5 Å². The Morgan fingerprint density at radius 2 is 1.92 bits per heavy atom. The SMILES string of the molecule is CC(C)(C)c1cc(-c2nc(C3CCOc4ccccc43)no2)no1. The summed E-state index contributed by atoms with van der Waals surface area (Å²) in [5.41, 5.74) is 1.54. The largest absolute Gasteiger partial charge is 0.493 e. The van der Waals surface area contributed by atoms with Crippen molar-refractivity contribution in [1.29, 1.82) is 0 Å². The lowest BCUT2D eigenvalue weighted by atomic mass is 9.92. The molecule has 2 aromatic heterocycles. The zero-order valence-corrected chi connectivity index (χ0v) is 13.9. The average molecular weight is 325 g/mol. The van der Waals surface area contributed by atoms with Gasteiger partial charge in [-0.25, -0.2) is 0 Å². The van der Waals surface area contributed by atoms with Crippen LogP contribution in [0.2, 0.25) is 0 Å². The molecule has 0 saturated heterocycles. The normalized spacial score (nSPS) is 17.4. The Hall–Kier alpha value is -2.63. The topological polar surface area (TPSA) is 74.2 Å². The fourth-order valence-corrected chi connectivity index (χ4v) is 2.82. The Bertz CT molecular complexity index is 860. The standard InChI is InChI=1S/C18H19N3O3/c1-18(2,3)15-10-13(20-23-15)17-19-16(21-24-17)12-8-9-22-14-7-5-4-6-11(12)14/h4-7,10,12H,8-9H2,1-3H3. The summed E-state index contributed by atoms with van der Waals surface area (Å²) >= 11 is 0. The molecule has 6 nitrogen and oxygen atoms in total. The Kier molecular flexibility index (Phi) is 3.40.